The maximum absolute atomic E-state index is 11.9. The molecule has 0 aromatic carbocycles. The molecule has 15 heavy (non-hydrogen) atoms. The highest BCUT2D eigenvalue weighted by atomic mass is 35.5. The lowest BCUT2D eigenvalue weighted by atomic mass is 9.65. The summed E-state index contributed by atoms with van der Waals surface area (Å²) in [6, 6.07) is 0. The SMILES string of the molecule is CC1(C)[C@]2(C(=O)Cl)CC[C@]1(C)C(=O)C2=O. The first-order chi connectivity index (χ1) is 6.72. The first-order valence-corrected chi connectivity index (χ1v) is 5.39. The van der Waals surface area contributed by atoms with Gasteiger partial charge in [0, 0.05) is 5.41 Å². The van der Waals surface area contributed by atoms with Gasteiger partial charge in [-0.15, -0.1) is 0 Å². The number of rotatable bonds is 1. The van der Waals surface area contributed by atoms with Gasteiger partial charge in [0.15, 0.2) is 0 Å². The van der Waals surface area contributed by atoms with E-state index in [-0.39, 0.29) is 0 Å². The summed E-state index contributed by atoms with van der Waals surface area (Å²) in [4.78, 5) is 35.3. The fourth-order valence-electron chi connectivity index (χ4n) is 3.21. The number of carbonyl (C=O) groups is 3. The number of Topliss-reactive ketones (excluding diaryl/α,β-unsaturated/α-hetero) is 2. The number of hydrogen-bond acceptors (Lipinski definition) is 3. The first kappa shape index (κ1) is 10.8. The van der Waals surface area contributed by atoms with Gasteiger partial charge >= 0.3 is 0 Å². The highest BCUT2D eigenvalue weighted by Crippen LogP contribution is 2.69. The third-order valence-corrected chi connectivity index (χ3v) is 5.20. The molecule has 0 aromatic heterocycles. The van der Waals surface area contributed by atoms with Crippen LogP contribution >= 0.6 is 11.6 Å². The Morgan fingerprint density at radius 1 is 1.13 bits per heavy atom. The fraction of sp³-hybridized carbons (Fsp3) is 0.727. The van der Waals surface area contributed by atoms with Gasteiger partial charge in [-0.2, -0.15) is 0 Å². The van der Waals surface area contributed by atoms with E-state index in [4.69, 9.17) is 11.6 Å². The number of carbonyl (C=O) groups excluding carboxylic acids is 3. The van der Waals surface area contributed by atoms with Gasteiger partial charge in [0.2, 0.25) is 16.8 Å². The summed E-state index contributed by atoms with van der Waals surface area (Å²) in [7, 11) is 0. The number of hydrogen-bond donors (Lipinski definition) is 0. The third kappa shape index (κ3) is 0.792. The third-order valence-electron chi connectivity index (χ3n) is 4.88. The number of ketones is 2. The zero-order valence-corrected chi connectivity index (χ0v) is 9.77. The number of fused-ring (bicyclic) bond motifs is 2. The van der Waals surface area contributed by atoms with Crippen LogP contribution < -0.4 is 0 Å². The molecule has 2 bridgehead atoms. The fourth-order valence-corrected chi connectivity index (χ4v) is 3.62. The van der Waals surface area contributed by atoms with Crippen LogP contribution in [-0.4, -0.2) is 16.8 Å². The zero-order valence-electron chi connectivity index (χ0n) is 9.02. The van der Waals surface area contributed by atoms with Gasteiger partial charge < -0.3 is 0 Å². The van der Waals surface area contributed by atoms with Crippen LogP contribution in [0, 0.1) is 16.2 Å². The van der Waals surface area contributed by atoms with E-state index in [1.54, 1.807) is 20.8 Å². The second-order valence-electron chi connectivity index (χ2n) is 5.29. The summed E-state index contributed by atoms with van der Waals surface area (Å²) in [5, 5.41) is -0.674. The van der Waals surface area contributed by atoms with Crippen LogP contribution in [0.2, 0.25) is 0 Å². The molecule has 0 radical (unpaired) electrons. The number of halogens is 1. The zero-order chi connectivity index (χ0) is 11.6. The quantitative estimate of drug-likeness (QED) is 0.390. The Balaban J connectivity index is 2.73. The van der Waals surface area contributed by atoms with Gasteiger partial charge in [-0.25, -0.2) is 0 Å². The predicted molar refractivity (Wildman–Crippen MR) is 54.4 cm³/mol. The van der Waals surface area contributed by atoms with Crippen LogP contribution in [0.5, 0.6) is 0 Å². The first-order valence-electron chi connectivity index (χ1n) is 5.01. The van der Waals surface area contributed by atoms with E-state index in [9.17, 15) is 14.4 Å². The predicted octanol–water partition coefficient (Wildman–Crippen LogP) is 1.72. The summed E-state index contributed by atoms with van der Waals surface area (Å²) >= 11 is 5.56. The van der Waals surface area contributed by atoms with Gasteiger partial charge in [-0.1, -0.05) is 20.8 Å². The Morgan fingerprint density at radius 3 is 1.93 bits per heavy atom. The molecule has 0 N–H and O–H groups in total. The monoisotopic (exact) mass is 228 g/mol. The summed E-state index contributed by atoms with van der Waals surface area (Å²) < 4.78 is 0. The molecular weight excluding hydrogens is 216 g/mol. The summed E-state index contributed by atoms with van der Waals surface area (Å²) in [6.07, 6.45) is 0.979. The molecule has 2 aliphatic rings. The molecule has 2 atom stereocenters. The van der Waals surface area contributed by atoms with Crippen molar-refractivity contribution in [3.63, 3.8) is 0 Å². The molecule has 4 heteroatoms. The van der Waals surface area contributed by atoms with E-state index >= 15 is 0 Å². The van der Waals surface area contributed by atoms with Crippen molar-refractivity contribution in [1.29, 1.82) is 0 Å². The maximum atomic E-state index is 11.9. The van der Waals surface area contributed by atoms with Crippen LogP contribution in [0.25, 0.3) is 0 Å². The van der Waals surface area contributed by atoms with Crippen molar-refractivity contribution in [3.05, 3.63) is 0 Å². The van der Waals surface area contributed by atoms with Crippen LogP contribution in [0.3, 0.4) is 0 Å². The molecule has 0 heterocycles. The van der Waals surface area contributed by atoms with Crippen molar-refractivity contribution in [2.75, 3.05) is 0 Å². The Kier molecular flexibility index (Phi) is 1.81. The Labute approximate surface area is 93.2 Å². The second kappa shape index (κ2) is 2.51. The standard InChI is InChI=1S/C11H13ClO3/c1-9(2)10(3)4-5-11(9,8(12)15)7(14)6(10)13/h4-5H2,1-3H3/t10-,11-/m1/s1. The van der Waals surface area contributed by atoms with Crippen molar-refractivity contribution in [2.45, 2.75) is 33.6 Å². The van der Waals surface area contributed by atoms with Gasteiger partial charge in [-0.05, 0) is 29.9 Å². The summed E-state index contributed by atoms with van der Waals surface area (Å²) in [5.41, 5.74) is -2.64. The lowest BCUT2D eigenvalue weighted by Gasteiger charge is -2.35. The van der Waals surface area contributed by atoms with Crippen LogP contribution in [-0.2, 0) is 14.4 Å². The van der Waals surface area contributed by atoms with Crippen molar-refractivity contribution < 1.29 is 14.4 Å². The summed E-state index contributed by atoms with van der Waals surface area (Å²) in [5.74, 6) is -1.01. The molecule has 0 unspecified atom stereocenters. The minimum absolute atomic E-state index is 0.406. The normalized spacial score (nSPS) is 42.4. The molecule has 0 aliphatic heterocycles. The Morgan fingerprint density at radius 2 is 1.67 bits per heavy atom. The smallest absolute Gasteiger partial charge is 0.236 e. The molecule has 82 valence electrons. The van der Waals surface area contributed by atoms with E-state index in [1.165, 1.54) is 0 Å². The maximum Gasteiger partial charge on any atom is 0.236 e. The average Bonchev–Trinajstić information content (AvgIpc) is 2.39. The van der Waals surface area contributed by atoms with E-state index in [2.05, 4.69) is 0 Å². The van der Waals surface area contributed by atoms with E-state index < -0.39 is 33.1 Å². The van der Waals surface area contributed by atoms with Gasteiger partial charge in [0.1, 0.15) is 5.41 Å². The molecule has 2 aliphatic carbocycles. The van der Waals surface area contributed by atoms with Crippen molar-refractivity contribution in [1.82, 2.24) is 0 Å². The average molecular weight is 229 g/mol. The topological polar surface area (TPSA) is 51.2 Å². The van der Waals surface area contributed by atoms with Crippen molar-refractivity contribution >= 4 is 28.4 Å². The molecule has 3 nitrogen and oxygen atoms in total. The van der Waals surface area contributed by atoms with E-state index in [1.807, 2.05) is 0 Å². The Hall–Kier alpha value is -0.700. The molecule has 2 rings (SSSR count). The van der Waals surface area contributed by atoms with Crippen LogP contribution in [0.15, 0.2) is 0 Å². The van der Waals surface area contributed by atoms with Gasteiger partial charge in [0.05, 0.1) is 0 Å². The molecule has 0 amide bonds. The minimum Gasteiger partial charge on any atom is -0.290 e. The van der Waals surface area contributed by atoms with Gasteiger partial charge in [0.25, 0.3) is 0 Å². The summed E-state index contributed by atoms with van der Waals surface area (Å²) in [6.45, 7) is 5.36. The second-order valence-corrected chi connectivity index (χ2v) is 5.64. The lowest BCUT2D eigenvalue weighted by molar-refractivity contribution is -0.146. The molecule has 0 saturated heterocycles. The Bertz CT molecular complexity index is 399. The van der Waals surface area contributed by atoms with Crippen molar-refractivity contribution in [2.24, 2.45) is 16.2 Å². The molecule has 0 aromatic rings. The van der Waals surface area contributed by atoms with Crippen LogP contribution in [0.4, 0.5) is 0 Å². The minimum atomic E-state index is -1.26. The van der Waals surface area contributed by atoms with Crippen molar-refractivity contribution in [3.8, 4) is 0 Å². The lowest BCUT2D eigenvalue weighted by Crippen LogP contribution is -2.42. The van der Waals surface area contributed by atoms with E-state index in [0.717, 1.165) is 0 Å². The van der Waals surface area contributed by atoms with E-state index in [0.29, 0.717) is 12.8 Å². The highest BCUT2D eigenvalue weighted by Gasteiger charge is 2.77. The molecule has 0 spiro atoms. The van der Waals surface area contributed by atoms with Crippen LogP contribution in [0.1, 0.15) is 33.6 Å². The largest absolute Gasteiger partial charge is 0.290 e. The van der Waals surface area contributed by atoms with Gasteiger partial charge in [-0.3, -0.25) is 14.4 Å². The highest BCUT2D eigenvalue weighted by molar-refractivity contribution is 6.70. The molecule has 2 fully saturated rings. The molecule has 2 saturated carbocycles. The molecular formula is C11H13ClO3.